The van der Waals surface area contributed by atoms with Gasteiger partial charge in [-0.2, -0.15) is 4.98 Å². The van der Waals surface area contributed by atoms with E-state index in [1.165, 1.54) is 12.3 Å². The standard InChI is InChI=1S/C17H18N4O3S/c22-16(12-6-4-10-19-17(12)23)18-9-3-1-2-8-14-20-15(21-24-14)13-7-5-11-25-13/h4-7,10-11H,1-3,8-9H2,(H,18,22)(H,19,23). The number of thiophene rings is 1. The van der Waals surface area contributed by atoms with Crippen LogP contribution in [0.25, 0.3) is 10.7 Å². The number of hydrogen-bond donors (Lipinski definition) is 2. The fourth-order valence-electron chi connectivity index (χ4n) is 2.34. The van der Waals surface area contributed by atoms with Gasteiger partial charge in [-0.05, 0) is 36.4 Å². The van der Waals surface area contributed by atoms with E-state index in [-0.39, 0.29) is 17.0 Å². The van der Waals surface area contributed by atoms with E-state index in [1.807, 2.05) is 17.5 Å². The minimum atomic E-state index is -0.377. The number of hydrogen-bond acceptors (Lipinski definition) is 6. The minimum Gasteiger partial charge on any atom is -0.352 e. The summed E-state index contributed by atoms with van der Waals surface area (Å²) in [4.78, 5) is 31.2. The Balaban J connectivity index is 1.35. The summed E-state index contributed by atoms with van der Waals surface area (Å²) < 4.78 is 5.24. The Labute approximate surface area is 148 Å². The van der Waals surface area contributed by atoms with Crippen molar-refractivity contribution in [2.45, 2.75) is 25.7 Å². The molecule has 0 aromatic carbocycles. The summed E-state index contributed by atoms with van der Waals surface area (Å²) in [6, 6.07) is 7.05. The van der Waals surface area contributed by atoms with Crippen LogP contribution < -0.4 is 10.9 Å². The minimum absolute atomic E-state index is 0.134. The van der Waals surface area contributed by atoms with Crippen LogP contribution in [0, 0.1) is 0 Å². The van der Waals surface area contributed by atoms with E-state index in [9.17, 15) is 9.59 Å². The highest BCUT2D eigenvalue weighted by atomic mass is 32.1. The first-order valence-corrected chi connectivity index (χ1v) is 8.94. The molecule has 3 aromatic rings. The lowest BCUT2D eigenvalue weighted by molar-refractivity contribution is 0.0951. The van der Waals surface area contributed by atoms with Crippen molar-refractivity contribution in [1.29, 1.82) is 0 Å². The van der Waals surface area contributed by atoms with Crippen molar-refractivity contribution < 1.29 is 9.32 Å². The van der Waals surface area contributed by atoms with E-state index in [2.05, 4.69) is 20.4 Å². The topological polar surface area (TPSA) is 101 Å². The molecule has 2 N–H and O–H groups in total. The molecular weight excluding hydrogens is 340 g/mol. The summed E-state index contributed by atoms with van der Waals surface area (Å²) in [5.41, 5.74) is -0.243. The molecule has 25 heavy (non-hydrogen) atoms. The molecule has 0 saturated heterocycles. The predicted octanol–water partition coefficient (Wildman–Crippen LogP) is 2.63. The molecule has 0 fully saturated rings. The Kier molecular flexibility index (Phi) is 5.73. The van der Waals surface area contributed by atoms with Crippen molar-refractivity contribution in [3.8, 4) is 10.7 Å². The molecule has 1 amide bonds. The van der Waals surface area contributed by atoms with Crippen LogP contribution in [0.2, 0.25) is 0 Å². The van der Waals surface area contributed by atoms with Crippen molar-refractivity contribution >= 4 is 17.2 Å². The molecule has 7 nitrogen and oxygen atoms in total. The maximum absolute atomic E-state index is 11.9. The second-order valence-electron chi connectivity index (χ2n) is 5.47. The predicted molar refractivity (Wildman–Crippen MR) is 94.6 cm³/mol. The lowest BCUT2D eigenvalue weighted by Gasteiger charge is -2.04. The van der Waals surface area contributed by atoms with E-state index >= 15 is 0 Å². The van der Waals surface area contributed by atoms with E-state index in [0.29, 0.717) is 24.7 Å². The lowest BCUT2D eigenvalue weighted by atomic mass is 10.2. The Morgan fingerprint density at radius 2 is 2.16 bits per heavy atom. The highest BCUT2D eigenvalue weighted by Crippen LogP contribution is 2.21. The van der Waals surface area contributed by atoms with Crippen LogP contribution in [0.3, 0.4) is 0 Å². The molecule has 0 aliphatic rings. The van der Waals surface area contributed by atoms with Crippen LogP contribution >= 0.6 is 11.3 Å². The van der Waals surface area contributed by atoms with Gasteiger partial charge < -0.3 is 14.8 Å². The van der Waals surface area contributed by atoms with Crippen molar-refractivity contribution in [2.75, 3.05) is 6.54 Å². The number of aromatic nitrogens is 3. The average Bonchev–Trinajstić information content (AvgIpc) is 3.29. The maximum atomic E-state index is 11.9. The summed E-state index contributed by atoms with van der Waals surface area (Å²) in [5.74, 6) is 0.910. The fraction of sp³-hybridized carbons (Fsp3) is 0.294. The number of H-pyrrole nitrogens is 1. The summed E-state index contributed by atoms with van der Waals surface area (Å²) in [7, 11) is 0. The Morgan fingerprint density at radius 3 is 2.96 bits per heavy atom. The van der Waals surface area contributed by atoms with Crippen molar-refractivity contribution in [2.24, 2.45) is 0 Å². The fourth-order valence-corrected chi connectivity index (χ4v) is 2.99. The number of aryl methyl sites for hydroxylation is 1. The van der Waals surface area contributed by atoms with Gasteiger partial charge in [0.1, 0.15) is 5.56 Å². The molecule has 0 bridgehead atoms. The average molecular weight is 358 g/mol. The monoisotopic (exact) mass is 358 g/mol. The van der Waals surface area contributed by atoms with E-state index in [1.54, 1.807) is 17.4 Å². The van der Waals surface area contributed by atoms with Gasteiger partial charge in [0.25, 0.3) is 11.5 Å². The van der Waals surface area contributed by atoms with Crippen LogP contribution in [0.5, 0.6) is 0 Å². The molecule has 0 radical (unpaired) electrons. The summed E-state index contributed by atoms with van der Waals surface area (Å²) >= 11 is 1.58. The number of nitrogens with zero attached hydrogens (tertiary/aromatic N) is 2. The second-order valence-corrected chi connectivity index (χ2v) is 6.42. The molecular formula is C17H18N4O3S. The van der Waals surface area contributed by atoms with Gasteiger partial charge in [0.05, 0.1) is 4.88 Å². The third-order valence-electron chi connectivity index (χ3n) is 3.63. The zero-order chi connectivity index (χ0) is 17.5. The van der Waals surface area contributed by atoms with Gasteiger partial charge >= 0.3 is 0 Å². The highest BCUT2D eigenvalue weighted by molar-refractivity contribution is 7.13. The SMILES string of the molecule is O=C(NCCCCCc1nc(-c2cccs2)no1)c1ccc[nH]c1=O. The first-order valence-electron chi connectivity index (χ1n) is 8.06. The Morgan fingerprint density at radius 1 is 1.24 bits per heavy atom. The first kappa shape index (κ1) is 17.1. The molecule has 8 heteroatoms. The number of nitrogens with one attached hydrogen (secondary N) is 2. The molecule has 0 aliphatic heterocycles. The number of amides is 1. The van der Waals surface area contributed by atoms with E-state index in [0.717, 1.165) is 24.1 Å². The van der Waals surface area contributed by atoms with Crippen LogP contribution in [-0.4, -0.2) is 27.6 Å². The summed E-state index contributed by atoms with van der Waals surface area (Å²) in [6.45, 7) is 0.525. The van der Waals surface area contributed by atoms with Gasteiger partial charge in [-0.1, -0.05) is 17.6 Å². The van der Waals surface area contributed by atoms with Crippen LogP contribution in [-0.2, 0) is 6.42 Å². The van der Waals surface area contributed by atoms with Crippen molar-refractivity contribution in [1.82, 2.24) is 20.4 Å². The number of rotatable bonds is 8. The molecule has 0 saturated carbocycles. The molecule has 0 spiro atoms. The number of unbranched alkanes of at least 4 members (excludes halogenated alkanes) is 2. The highest BCUT2D eigenvalue weighted by Gasteiger charge is 2.10. The quantitative estimate of drug-likeness (QED) is 0.603. The zero-order valence-electron chi connectivity index (χ0n) is 13.5. The van der Waals surface area contributed by atoms with E-state index < -0.39 is 0 Å². The van der Waals surface area contributed by atoms with Gasteiger partial charge in [-0.15, -0.1) is 11.3 Å². The van der Waals surface area contributed by atoms with Crippen LogP contribution in [0.15, 0.2) is 45.2 Å². The third kappa shape index (κ3) is 4.63. The summed E-state index contributed by atoms with van der Waals surface area (Å²) in [5, 5.41) is 8.70. The van der Waals surface area contributed by atoms with Gasteiger partial charge in [-0.3, -0.25) is 9.59 Å². The Bertz CT molecular complexity index is 870. The Hall–Kier alpha value is -2.74. The molecule has 0 atom stereocenters. The van der Waals surface area contributed by atoms with Crippen LogP contribution in [0.4, 0.5) is 0 Å². The van der Waals surface area contributed by atoms with Gasteiger partial charge in [0.15, 0.2) is 0 Å². The number of pyridine rings is 1. The number of carbonyl (C=O) groups excluding carboxylic acids is 1. The molecule has 3 heterocycles. The third-order valence-corrected chi connectivity index (χ3v) is 4.49. The molecule has 3 rings (SSSR count). The summed E-state index contributed by atoms with van der Waals surface area (Å²) in [6.07, 6.45) is 4.85. The zero-order valence-corrected chi connectivity index (χ0v) is 14.3. The maximum Gasteiger partial charge on any atom is 0.260 e. The molecule has 0 unspecified atom stereocenters. The largest absolute Gasteiger partial charge is 0.352 e. The van der Waals surface area contributed by atoms with Crippen molar-refractivity contribution in [3.05, 3.63) is 57.7 Å². The number of aromatic amines is 1. The normalized spacial score (nSPS) is 10.7. The first-order chi connectivity index (χ1) is 12.2. The van der Waals surface area contributed by atoms with Crippen molar-refractivity contribution in [3.63, 3.8) is 0 Å². The molecule has 130 valence electrons. The molecule has 3 aromatic heterocycles. The van der Waals surface area contributed by atoms with Gasteiger partial charge in [-0.25, -0.2) is 0 Å². The molecule has 0 aliphatic carbocycles. The second kappa shape index (κ2) is 8.39. The number of carbonyl (C=O) groups is 1. The smallest absolute Gasteiger partial charge is 0.260 e. The van der Waals surface area contributed by atoms with Crippen LogP contribution in [0.1, 0.15) is 35.5 Å². The van der Waals surface area contributed by atoms with E-state index in [4.69, 9.17) is 4.52 Å². The lowest BCUT2D eigenvalue weighted by Crippen LogP contribution is -2.29. The van der Waals surface area contributed by atoms with Gasteiger partial charge in [0.2, 0.25) is 11.7 Å². The van der Waals surface area contributed by atoms with Gasteiger partial charge in [0, 0.05) is 19.2 Å².